The number of hydrogen-bond acceptors (Lipinski definition) is 7. The summed E-state index contributed by atoms with van der Waals surface area (Å²) in [5.74, 6) is 0.516. The summed E-state index contributed by atoms with van der Waals surface area (Å²) in [5, 5.41) is 0. The molecule has 1 aliphatic rings. The Hall–Kier alpha value is -5.93. The molecule has 0 spiro atoms. The molecule has 0 fully saturated rings. The molecular formula is C42H37N3O5S. The molecule has 0 amide bonds. The van der Waals surface area contributed by atoms with Gasteiger partial charge in [-0.05, 0) is 74.4 Å². The standard InChI is InChI=1S/C42H37N3O5S/c1-6-50-41(47)37-27(3)43-42-45(39(37)33-25-32(48-4)21-22-35(33)49-5)40(46)36(51-42)24-30-23-34(28-13-9-7-10-14-28)44(31-19-17-26(2)18-20-31)38(30)29-15-11-8-12-16-29/h7-25,39H,6H2,1-5H3/b36-24-/t39-/m0/s1. The van der Waals surface area contributed by atoms with Gasteiger partial charge >= 0.3 is 5.97 Å². The maximum absolute atomic E-state index is 14.7. The van der Waals surface area contributed by atoms with Crippen LogP contribution in [0.3, 0.4) is 0 Å². The SMILES string of the molecule is CCOC(=O)C1=C(C)N=c2s/c(=C\c3cc(-c4ccccc4)n(-c4ccc(C)cc4)c3-c3ccccc3)c(=O)n2[C@H]1c1cc(OC)ccc1OC. The first-order valence-corrected chi connectivity index (χ1v) is 17.5. The maximum Gasteiger partial charge on any atom is 0.338 e. The molecule has 1 aliphatic heterocycles. The molecule has 2 aromatic heterocycles. The van der Waals surface area contributed by atoms with Crippen molar-refractivity contribution in [1.29, 1.82) is 0 Å². The summed E-state index contributed by atoms with van der Waals surface area (Å²) in [7, 11) is 3.13. The fraction of sp³-hybridized carbons (Fsp3) is 0.167. The van der Waals surface area contributed by atoms with Crippen LogP contribution in [0.4, 0.5) is 0 Å². The van der Waals surface area contributed by atoms with Crippen molar-refractivity contribution in [3.8, 4) is 39.7 Å². The van der Waals surface area contributed by atoms with Crippen molar-refractivity contribution in [3.63, 3.8) is 0 Å². The summed E-state index contributed by atoms with van der Waals surface area (Å²) in [4.78, 5) is 33.6. The van der Waals surface area contributed by atoms with Crippen LogP contribution < -0.4 is 24.4 Å². The van der Waals surface area contributed by atoms with Crippen LogP contribution in [-0.4, -0.2) is 35.9 Å². The number of ether oxygens (including phenoxy) is 3. The minimum absolute atomic E-state index is 0.173. The Kier molecular flexibility index (Phi) is 9.30. The Bertz CT molecular complexity index is 2460. The second kappa shape index (κ2) is 14.1. The molecule has 7 rings (SSSR count). The molecule has 1 atom stereocenters. The van der Waals surface area contributed by atoms with Crippen LogP contribution in [0.1, 0.15) is 36.6 Å². The minimum Gasteiger partial charge on any atom is -0.497 e. The number of aryl methyl sites for hydroxylation is 1. The fourth-order valence-electron chi connectivity index (χ4n) is 6.60. The number of aromatic nitrogens is 2. The molecule has 0 saturated heterocycles. The summed E-state index contributed by atoms with van der Waals surface area (Å²) in [6, 6.07) is 35.5. The highest BCUT2D eigenvalue weighted by Gasteiger charge is 2.35. The van der Waals surface area contributed by atoms with E-state index in [1.165, 1.54) is 11.3 Å². The maximum atomic E-state index is 14.7. The lowest BCUT2D eigenvalue weighted by atomic mass is 9.94. The molecule has 4 aromatic carbocycles. The highest BCUT2D eigenvalue weighted by Crippen LogP contribution is 2.39. The molecule has 3 heterocycles. The molecule has 0 unspecified atom stereocenters. The third-order valence-electron chi connectivity index (χ3n) is 8.97. The zero-order valence-electron chi connectivity index (χ0n) is 29.0. The summed E-state index contributed by atoms with van der Waals surface area (Å²) < 4.78 is 21.1. The summed E-state index contributed by atoms with van der Waals surface area (Å²) in [6.45, 7) is 5.77. The van der Waals surface area contributed by atoms with E-state index < -0.39 is 12.0 Å². The van der Waals surface area contributed by atoms with Gasteiger partial charge in [-0.3, -0.25) is 9.36 Å². The molecule has 0 N–H and O–H groups in total. The van der Waals surface area contributed by atoms with Crippen LogP contribution in [0.5, 0.6) is 11.5 Å². The molecule has 8 nitrogen and oxygen atoms in total. The van der Waals surface area contributed by atoms with E-state index in [1.807, 2.05) is 42.5 Å². The van der Waals surface area contributed by atoms with E-state index in [2.05, 4.69) is 66.1 Å². The number of carbonyl (C=O) groups is 1. The van der Waals surface area contributed by atoms with Gasteiger partial charge in [0.25, 0.3) is 5.56 Å². The molecule has 256 valence electrons. The van der Waals surface area contributed by atoms with E-state index >= 15 is 0 Å². The molecular weight excluding hydrogens is 659 g/mol. The van der Waals surface area contributed by atoms with Gasteiger partial charge in [-0.25, -0.2) is 9.79 Å². The number of carbonyl (C=O) groups excluding carboxylic acids is 1. The average molecular weight is 696 g/mol. The Morgan fingerprint density at radius 2 is 1.55 bits per heavy atom. The number of rotatable bonds is 9. The van der Waals surface area contributed by atoms with Crippen LogP contribution in [0.25, 0.3) is 34.3 Å². The van der Waals surface area contributed by atoms with E-state index in [0.29, 0.717) is 32.1 Å². The average Bonchev–Trinajstić information content (AvgIpc) is 3.68. The number of benzene rings is 4. The van der Waals surface area contributed by atoms with Crippen LogP contribution in [-0.2, 0) is 9.53 Å². The predicted molar refractivity (Wildman–Crippen MR) is 201 cm³/mol. The zero-order valence-corrected chi connectivity index (χ0v) is 29.9. The van der Waals surface area contributed by atoms with Crippen molar-refractivity contribution >= 4 is 23.4 Å². The van der Waals surface area contributed by atoms with Gasteiger partial charge in [0.05, 0.1) is 48.0 Å². The number of esters is 1. The Balaban J connectivity index is 1.52. The lowest BCUT2D eigenvalue weighted by Gasteiger charge is -2.26. The quantitative estimate of drug-likeness (QED) is 0.149. The van der Waals surface area contributed by atoms with E-state index in [9.17, 15) is 9.59 Å². The first kappa shape index (κ1) is 33.6. The number of fused-ring (bicyclic) bond motifs is 1. The van der Waals surface area contributed by atoms with Crippen LogP contribution in [0, 0.1) is 6.92 Å². The van der Waals surface area contributed by atoms with Crippen LogP contribution >= 0.6 is 11.3 Å². The van der Waals surface area contributed by atoms with E-state index in [-0.39, 0.29) is 17.7 Å². The lowest BCUT2D eigenvalue weighted by Crippen LogP contribution is -2.40. The van der Waals surface area contributed by atoms with Gasteiger partial charge in [0.2, 0.25) is 0 Å². The smallest absolute Gasteiger partial charge is 0.338 e. The number of nitrogens with zero attached hydrogens (tertiary/aromatic N) is 3. The van der Waals surface area contributed by atoms with Gasteiger partial charge in [0.15, 0.2) is 4.80 Å². The van der Waals surface area contributed by atoms with Gasteiger partial charge in [-0.1, -0.05) is 89.7 Å². The third kappa shape index (κ3) is 6.21. The highest BCUT2D eigenvalue weighted by atomic mass is 32.1. The summed E-state index contributed by atoms with van der Waals surface area (Å²) in [5.41, 5.74) is 8.03. The van der Waals surface area contributed by atoms with Crippen LogP contribution in [0.15, 0.2) is 130 Å². The minimum atomic E-state index is -0.863. The topological polar surface area (TPSA) is 84.1 Å². The Morgan fingerprint density at radius 3 is 2.20 bits per heavy atom. The van der Waals surface area contributed by atoms with Crippen LogP contribution in [0.2, 0.25) is 0 Å². The Morgan fingerprint density at radius 1 is 0.863 bits per heavy atom. The van der Waals surface area contributed by atoms with E-state index in [1.54, 1.807) is 50.8 Å². The molecule has 0 aliphatic carbocycles. The van der Waals surface area contributed by atoms with Crippen molar-refractivity contribution in [1.82, 2.24) is 9.13 Å². The molecule has 9 heteroatoms. The molecule has 0 saturated carbocycles. The molecule has 0 bridgehead atoms. The third-order valence-corrected chi connectivity index (χ3v) is 9.96. The molecule has 0 radical (unpaired) electrons. The van der Waals surface area contributed by atoms with Crippen molar-refractivity contribution < 1.29 is 19.0 Å². The second-order valence-corrected chi connectivity index (χ2v) is 13.2. The van der Waals surface area contributed by atoms with Gasteiger partial charge in [-0.2, -0.15) is 0 Å². The molecule has 51 heavy (non-hydrogen) atoms. The number of allylic oxidation sites excluding steroid dienone is 1. The van der Waals surface area contributed by atoms with Gasteiger partial charge in [-0.15, -0.1) is 0 Å². The van der Waals surface area contributed by atoms with Gasteiger partial charge in [0.1, 0.15) is 17.5 Å². The molecule has 6 aromatic rings. The monoisotopic (exact) mass is 695 g/mol. The Labute approximate surface area is 299 Å². The number of thiazole rings is 1. The first-order valence-electron chi connectivity index (χ1n) is 16.7. The summed E-state index contributed by atoms with van der Waals surface area (Å²) >= 11 is 1.28. The van der Waals surface area contributed by atoms with Gasteiger partial charge in [0, 0.05) is 16.8 Å². The normalized spacial score (nSPS) is 14.2. The van der Waals surface area contributed by atoms with E-state index in [4.69, 9.17) is 19.2 Å². The van der Waals surface area contributed by atoms with Crippen molar-refractivity contribution in [2.45, 2.75) is 26.8 Å². The predicted octanol–water partition coefficient (Wildman–Crippen LogP) is 7.25. The van der Waals surface area contributed by atoms with Crippen molar-refractivity contribution in [2.75, 3.05) is 20.8 Å². The van der Waals surface area contributed by atoms with Crippen molar-refractivity contribution in [3.05, 3.63) is 157 Å². The zero-order chi connectivity index (χ0) is 35.6. The highest BCUT2D eigenvalue weighted by molar-refractivity contribution is 7.07. The van der Waals surface area contributed by atoms with Crippen molar-refractivity contribution in [2.24, 2.45) is 4.99 Å². The van der Waals surface area contributed by atoms with Gasteiger partial charge < -0.3 is 18.8 Å². The number of hydrogen-bond donors (Lipinski definition) is 0. The summed E-state index contributed by atoms with van der Waals surface area (Å²) in [6.07, 6.45) is 1.94. The number of methoxy groups -OCH3 is 2. The largest absolute Gasteiger partial charge is 0.497 e. The fourth-order valence-corrected chi connectivity index (χ4v) is 7.63. The first-order chi connectivity index (χ1) is 24.8. The second-order valence-electron chi connectivity index (χ2n) is 12.1. The van der Waals surface area contributed by atoms with E-state index in [0.717, 1.165) is 39.3 Å². The lowest BCUT2D eigenvalue weighted by molar-refractivity contribution is -0.139.